The van der Waals surface area contributed by atoms with Gasteiger partial charge >= 0.3 is 0 Å². The summed E-state index contributed by atoms with van der Waals surface area (Å²) in [7, 11) is 0. The molecule has 0 unspecified atom stereocenters. The molecule has 1 fully saturated rings. The van der Waals surface area contributed by atoms with Crippen molar-refractivity contribution in [2.45, 2.75) is 25.9 Å². The van der Waals surface area contributed by atoms with Crippen LogP contribution >= 0.6 is 22.6 Å². The monoisotopic (exact) mass is 560 g/mol. The minimum Gasteiger partial charge on any atom is -0.350 e. The van der Waals surface area contributed by atoms with Crippen LogP contribution in [-0.2, 0) is 13.1 Å². The number of rotatable bonds is 6. The predicted molar refractivity (Wildman–Crippen MR) is 133 cm³/mol. The molecule has 2 aromatic heterocycles. The normalized spacial score (nSPS) is 16.3. The van der Waals surface area contributed by atoms with Gasteiger partial charge in [-0.2, -0.15) is 4.98 Å². The van der Waals surface area contributed by atoms with E-state index in [0.717, 1.165) is 35.1 Å². The van der Waals surface area contributed by atoms with Crippen LogP contribution in [0.4, 0.5) is 14.7 Å². The van der Waals surface area contributed by atoms with Crippen molar-refractivity contribution in [3.63, 3.8) is 0 Å². The predicted octanol–water partition coefficient (Wildman–Crippen LogP) is 4.99. The fraction of sp³-hybridized carbons (Fsp3) is 0.292. The van der Waals surface area contributed by atoms with Gasteiger partial charge in [-0.25, -0.2) is 18.7 Å². The number of anilines is 1. The standard InChI is InChI=1S/C24H23F2IN6/c25-17-6-1-4-15(10-17)12-29-24-30-13-20-22(32-24)33(14-16-5-3-9-28-11-16)23(31-20)21-18(26)7-2-8-19(21)27/h1-2,4,6-8,10,13,16,28H,3,5,9,11-12,14H2,(H,29,30,32)/t16-/m1/s1. The molecule has 33 heavy (non-hydrogen) atoms. The second-order valence-corrected chi connectivity index (χ2v) is 9.40. The third-order valence-electron chi connectivity index (χ3n) is 5.85. The van der Waals surface area contributed by atoms with E-state index < -0.39 is 0 Å². The number of benzene rings is 2. The largest absolute Gasteiger partial charge is 0.350 e. The molecule has 1 aliphatic rings. The molecule has 1 atom stereocenters. The molecule has 3 heterocycles. The Balaban J connectivity index is 1.54. The minimum atomic E-state index is -0.308. The smallest absolute Gasteiger partial charge is 0.225 e. The third kappa shape index (κ3) is 4.84. The molecule has 4 aromatic rings. The molecule has 5 rings (SSSR count). The zero-order valence-electron chi connectivity index (χ0n) is 17.9. The molecule has 0 bridgehead atoms. The Morgan fingerprint density at radius 3 is 2.82 bits per heavy atom. The van der Waals surface area contributed by atoms with Crippen molar-refractivity contribution in [3.8, 4) is 11.4 Å². The van der Waals surface area contributed by atoms with Gasteiger partial charge in [0.25, 0.3) is 0 Å². The van der Waals surface area contributed by atoms with Crippen LogP contribution in [-0.4, -0.2) is 32.6 Å². The summed E-state index contributed by atoms with van der Waals surface area (Å²) in [5.41, 5.74) is 2.55. The van der Waals surface area contributed by atoms with E-state index >= 15 is 0 Å². The van der Waals surface area contributed by atoms with E-state index in [-0.39, 0.29) is 11.6 Å². The molecule has 2 N–H and O–H groups in total. The van der Waals surface area contributed by atoms with E-state index in [2.05, 4.69) is 38.2 Å². The highest BCUT2D eigenvalue weighted by molar-refractivity contribution is 14.1. The first-order valence-corrected chi connectivity index (χ1v) is 12.0. The van der Waals surface area contributed by atoms with Crippen molar-refractivity contribution in [2.75, 3.05) is 18.4 Å². The van der Waals surface area contributed by atoms with Crippen LogP contribution in [0.5, 0.6) is 0 Å². The first-order valence-electron chi connectivity index (χ1n) is 10.9. The molecule has 0 radical (unpaired) electrons. The summed E-state index contributed by atoms with van der Waals surface area (Å²) in [6, 6.07) is 11.4. The van der Waals surface area contributed by atoms with E-state index in [1.165, 1.54) is 18.2 Å². The van der Waals surface area contributed by atoms with Gasteiger partial charge in [0.05, 0.1) is 11.8 Å². The lowest BCUT2D eigenvalue weighted by Gasteiger charge is -2.24. The van der Waals surface area contributed by atoms with E-state index in [4.69, 9.17) is 9.97 Å². The Labute approximate surface area is 204 Å². The van der Waals surface area contributed by atoms with Crippen molar-refractivity contribution in [2.24, 2.45) is 5.92 Å². The van der Waals surface area contributed by atoms with Crippen LogP contribution in [0.1, 0.15) is 18.4 Å². The van der Waals surface area contributed by atoms with Gasteiger partial charge in [-0.1, -0.05) is 18.2 Å². The lowest BCUT2D eigenvalue weighted by molar-refractivity contribution is 0.341. The van der Waals surface area contributed by atoms with Gasteiger partial charge in [0, 0.05) is 16.7 Å². The Hall–Kier alpha value is -2.66. The number of nitrogens with zero attached hydrogens (tertiary/aromatic N) is 4. The number of hydrogen-bond donors (Lipinski definition) is 2. The average molecular weight is 560 g/mol. The summed E-state index contributed by atoms with van der Waals surface area (Å²) in [4.78, 5) is 13.8. The molecule has 2 aromatic carbocycles. The zero-order valence-corrected chi connectivity index (χ0v) is 20.0. The molecule has 0 aliphatic carbocycles. The highest BCUT2D eigenvalue weighted by Crippen LogP contribution is 2.31. The van der Waals surface area contributed by atoms with E-state index in [0.29, 0.717) is 47.5 Å². The maximum absolute atomic E-state index is 14.9. The number of fused-ring (bicyclic) bond motifs is 1. The second kappa shape index (κ2) is 9.68. The van der Waals surface area contributed by atoms with E-state index in [1.807, 2.05) is 16.7 Å². The Bertz CT molecular complexity index is 1270. The molecule has 0 spiro atoms. The molecule has 1 saturated heterocycles. The fourth-order valence-electron chi connectivity index (χ4n) is 4.25. The summed E-state index contributed by atoms with van der Waals surface area (Å²) in [6.45, 7) is 3.00. The first-order chi connectivity index (χ1) is 16.1. The van der Waals surface area contributed by atoms with Gasteiger partial charge in [0.1, 0.15) is 23.0 Å². The molecule has 9 heteroatoms. The minimum absolute atomic E-state index is 0.283. The highest BCUT2D eigenvalue weighted by Gasteiger charge is 2.23. The van der Waals surface area contributed by atoms with Crippen LogP contribution in [0.15, 0.2) is 48.7 Å². The SMILES string of the molecule is Fc1cccc(CNc2ncc3nc(-c4c(F)cccc4I)n(C[C@@H]4CCCNC4)c3n2)c1. The summed E-state index contributed by atoms with van der Waals surface area (Å²) in [5.74, 6) is 0.795. The van der Waals surface area contributed by atoms with Crippen molar-refractivity contribution in [1.82, 2.24) is 24.8 Å². The van der Waals surface area contributed by atoms with Crippen LogP contribution in [0.3, 0.4) is 0 Å². The van der Waals surface area contributed by atoms with E-state index in [1.54, 1.807) is 18.3 Å². The van der Waals surface area contributed by atoms with Crippen LogP contribution in [0.2, 0.25) is 0 Å². The van der Waals surface area contributed by atoms with Crippen LogP contribution in [0, 0.1) is 21.1 Å². The maximum atomic E-state index is 14.9. The summed E-state index contributed by atoms with van der Waals surface area (Å²) in [6.07, 6.45) is 3.86. The highest BCUT2D eigenvalue weighted by atomic mass is 127. The van der Waals surface area contributed by atoms with Gasteiger partial charge in [-0.15, -0.1) is 0 Å². The number of halogens is 3. The Kier molecular flexibility index (Phi) is 6.50. The summed E-state index contributed by atoms with van der Waals surface area (Å²) >= 11 is 2.15. The molecule has 170 valence electrons. The third-order valence-corrected chi connectivity index (χ3v) is 6.75. The quantitative estimate of drug-likeness (QED) is 0.326. The van der Waals surface area contributed by atoms with E-state index in [9.17, 15) is 8.78 Å². The van der Waals surface area contributed by atoms with Gasteiger partial charge < -0.3 is 15.2 Å². The summed E-state index contributed by atoms with van der Waals surface area (Å²) in [5, 5.41) is 6.61. The van der Waals surface area contributed by atoms with Gasteiger partial charge in [0.2, 0.25) is 5.95 Å². The number of aromatic nitrogens is 4. The lowest BCUT2D eigenvalue weighted by atomic mass is 9.99. The van der Waals surface area contributed by atoms with Crippen molar-refractivity contribution < 1.29 is 8.78 Å². The van der Waals surface area contributed by atoms with Gasteiger partial charge in [0.15, 0.2) is 5.65 Å². The first kappa shape index (κ1) is 22.1. The Morgan fingerprint density at radius 2 is 2.03 bits per heavy atom. The molecule has 1 aliphatic heterocycles. The summed E-state index contributed by atoms with van der Waals surface area (Å²) < 4.78 is 31.2. The molecular formula is C24H23F2IN6. The number of piperidine rings is 1. The van der Waals surface area contributed by atoms with Gasteiger partial charge in [-0.05, 0) is 84.3 Å². The van der Waals surface area contributed by atoms with Crippen molar-refractivity contribution >= 4 is 39.7 Å². The van der Waals surface area contributed by atoms with Crippen LogP contribution < -0.4 is 10.6 Å². The molecule has 0 saturated carbocycles. The number of hydrogen-bond acceptors (Lipinski definition) is 5. The number of imidazole rings is 1. The molecular weight excluding hydrogens is 537 g/mol. The maximum Gasteiger partial charge on any atom is 0.225 e. The van der Waals surface area contributed by atoms with Crippen molar-refractivity contribution in [1.29, 1.82) is 0 Å². The second-order valence-electron chi connectivity index (χ2n) is 8.24. The zero-order chi connectivity index (χ0) is 22.8. The van der Waals surface area contributed by atoms with Gasteiger partial charge in [-0.3, -0.25) is 0 Å². The molecule has 0 amide bonds. The average Bonchev–Trinajstić information content (AvgIpc) is 3.15. The number of nitrogens with one attached hydrogen (secondary N) is 2. The van der Waals surface area contributed by atoms with Crippen molar-refractivity contribution in [3.05, 3.63) is 69.4 Å². The lowest BCUT2D eigenvalue weighted by Crippen LogP contribution is -2.32. The Morgan fingerprint density at radius 1 is 1.15 bits per heavy atom. The van der Waals surface area contributed by atoms with Crippen LogP contribution in [0.25, 0.3) is 22.6 Å². The fourth-order valence-corrected chi connectivity index (χ4v) is 4.95. The molecule has 6 nitrogen and oxygen atoms in total. The topological polar surface area (TPSA) is 67.7 Å².